The first-order valence-electron chi connectivity index (χ1n) is 7.31. The van der Waals surface area contributed by atoms with E-state index >= 15 is 0 Å². The summed E-state index contributed by atoms with van der Waals surface area (Å²) in [5.74, 6) is 1.96. The van der Waals surface area contributed by atoms with Crippen molar-refractivity contribution in [3.05, 3.63) is 0 Å². The Balaban J connectivity index is 1.76. The predicted octanol–water partition coefficient (Wildman–Crippen LogP) is 3.24. The van der Waals surface area contributed by atoms with Gasteiger partial charge in [0.05, 0.1) is 0 Å². The average molecular weight is 273 g/mol. The molecule has 0 spiro atoms. The van der Waals surface area contributed by atoms with E-state index in [0.717, 1.165) is 12.8 Å². The normalized spacial score (nSPS) is 16.9. The number of carboxylic acids is 1. The summed E-state index contributed by atoms with van der Waals surface area (Å²) >= 11 is 2.07. The van der Waals surface area contributed by atoms with Crippen LogP contribution in [-0.2, 0) is 4.79 Å². The number of nitrogens with zero attached hydrogens (tertiary/aromatic N) is 1. The van der Waals surface area contributed by atoms with Gasteiger partial charge in [-0.2, -0.15) is 11.8 Å². The number of hydrogen-bond donors (Lipinski definition) is 1. The van der Waals surface area contributed by atoms with Gasteiger partial charge in [-0.15, -0.1) is 0 Å². The molecule has 4 heteroatoms. The summed E-state index contributed by atoms with van der Waals surface area (Å²) in [7, 11) is 0. The number of unbranched alkanes of at least 4 members (excludes halogenated alkanes) is 6. The van der Waals surface area contributed by atoms with Crippen molar-refractivity contribution in [3.63, 3.8) is 0 Å². The Hall–Kier alpha value is -0.220. The van der Waals surface area contributed by atoms with Crippen LogP contribution < -0.4 is 0 Å². The Morgan fingerprint density at radius 3 is 2.11 bits per heavy atom. The van der Waals surface area contributed by atoms with E-state index in [1.165, 1.54) is 63.2 Å². The molecule has 0 aromatic carbocycles. The highest BCUT2D eigenvalue weighted by molar-refractivity contribution is 7.99. The van der Waals surface area contributed by atoms with Crippen LogP contribution >= 0.6 is 11.8 Å². The van der Waals surface area contributed by atoms with Gasteiger partial charge in [-0.3, -0.25) is 4.79 Å². The highest BCUT2D eigenvalue weighted by atomic mass is 32.2. The standard InChI is InChI=1S/C14H27NO2S/c16-14(17)8-6-4-2-1-3-5-7-9-15-10-12-18-13-11-15/h1-13H2,(H,16,17). The lowest BCUT2D eigenvalue weighted by Gasteiger charge is -2.25. The summed E-state index contributed by atoms with van der Waals surface area (Å²) in [6.45, 7) is 3.83. The first-order valence-corrected chi connectivity index (χ1v) is 8.46. The molecular formula is C14H27NO2S. The molecule has 0 radical (unpaired) electrons. The Bertz CT molecular complexity index is 218. The smallest absolute Gasteiger partial charge is 0.303 e. The molecule has 0 aliphatic carbocycles. The number of aliphatic carboxylic acids is 1. The molecule has 18 heavy (non-hydrogen) atoms. The van der Waals surface area contributed by atoms with Gasteiger partial charge >= 0.3 is 5.97 Å². The van der Waals surface area contributed by atoms with E-state index in [1.54, 1.807) is 0 Å². The fourth-order valence-electron chi connectivity index (χ4n) is 2.32. The van der Waals surface area contributed by atoms with E-state index in [4.69, 9.17) is 5.11 Å². The largest absolute Gasteiger partial charge is 0.481 e. The summed E-state index contributed by atoms with van der Waals surface area (Å²) in [6.07, 6.45) is 8.73. The molecule has 1 aliphatic rings. The van der Waals surface area contributed by atoms with Crippen LogP contribution in [0.3, 0.4) is 0 Å². The van der Waals surface area contributed by atoms with E-state index in [1.807, 2.05) is 0 Å². The molecule has 3 nitrogen and oxygen atoms in total. The Labute approximate surface area is 115 Å². The zero-order chi connectivity index (χ0) is 13.1. The van der Waals surface area contributed by atoms with Gasteiger partial charge in [-0.05, 0) is 19.4 Å². The lowest BCUT2D eigenvalue weighted by Crippen LogP contribution is -2.33. The highest BCUT2D eigenvalue weighted by Gasteiger charge is 2.08. The second-order valence-electron chi connectivity index (χ2n) is 5.07. The zero-order valence-corrected chi connectivity index (χ0v) is 12.2. The highest BCUT2D eigenvalue weighted by Crippen LogP contribution is 2.12. The molecule has 1 aliphatic heterocycles. The van der Waals surface area contributed by atoms with Gasteiger partial charge in [0.15, 0.2) is 0 Å². The number of rotatable bonds is 10. The van der Waals surface area contributed by atoms with E-state index in [-0.39, 0.29) is 0 Å². The maximum atomic E-state index is 10.3. The van der Waals surface area contributed by atoms with Crippen molar-refractivity contribution in [2.24, 2.45) is 0 Å². The van der Waals surface area contributed by atoms with Gasteiger partial charge in [0.1, 0.15) is 0 Å². The fraction of sp³-hybridized carbons (Fsp3) is 0.929. The third kappa shape index (κ3) is 8.81. The first-order chi connectivity index (χ1) is 8.79. The molecule has 1 rings (SSSR count). The molecule has 0 bridgehead atoms. The van der Waals surface area contributed by atoms with Gasteiger partial charge in [0.25, 0.3) is 0 Å². The molecule has 1 N–H and O–H groups in total. The van der Waals surface area contributed by atoms with Crippen LogP contribution in [0.5, 0.6) is 0 Å². The first kappa shape index (κ1) is 15.8. The second-order valence-corrected chi connectivity index (χ2v) is 6.30. The summed E-state index contributed by atoms with van der Waals surface area (Å²) in [5, 5.41) is 8.50. The van der Waals surface area contributed by atoms with Crippen molar-refractivity contribution in [2.75, 3.05) is 31.1 Å². The summed E-state index contributed by atoms with van der Waals surface area (Å²) < 4.78 is 0. The van der Waals surface area contributed by atoms with Crippen molar-refractivity contribution in [1.29, 1.82) is 0 Å². The van der Waals surface area contributed by atoms with E-state index in [9.17, 15) is 4.79 Å². The molecule has 0 aromatic rings. The monoisotopic (exact) mass is 273 g/mol. The molecule has 0 saturated carbocycles. The maximum Gasteiger partial charge on any atom is 0.303 e. The van der Waals surface area contributed by atoms with Gasteiger partial charge in [-0.25, -0.2) is 0 Å². The van der Waals surface area contributed by atoms with E-state index in [0.29, 0.717) is 6.42 Å². The van der Waals surface area contributed by atoms with Crippen LogP contribution in [0.4, 0.5) is 0 Å². The van der Waals surface area contributed by atoms with Crippen LogP contribution in [0.2, 0.25) is 0 Å². The van der Waals surface area contributed by atoms with Gasteiger partial charge < -0.3 is 10.0 Å². The zero-order valence-electron chi connectivity index (χ0n) is 11.4. The lowest BCUT2D eigenvalue weighted by molar-refractivity contribution is -0.137. The van der Waals surface area contributed by atoms with Crippen molar-refractivity contribution < 1.29 is 9.90 Å². The molecule has 1 saturated heterocycles. The number of thioether (sulfide) groups is 1. The number of carbonyl (C=O) groups is 1. The van der Waals surface area contributed by atoms with Crippen LogP contribution in [0.15, 0.2) is 0 Å². The maximum absolute atomic E-state index is 10.3. The number of hydrogen-bond acceptors (Lipinski definition) is 3. The van der Waals surface area contributed by atoms with Crippen molar-refractivity contribution in [1.82, 2.24) is 4.90 Å². The molecule has 1 heterocycles. The molecule has 0 amide bonds. The van der Waals surface area contributed by atoms with Crippen LogP contribution in [0.1, 0.15) is 51.4 Å². The van der Waals surface area contributed by atoms with Crippen LogP contribution in [0, 0.1) is 0 Å². The van der Waals surface area contributed by atoms with Crippen molar-refractivity contribution >= 4 is 17.7 Å². The van der Waals surface area contributed by atoms with Crippen LogP contribution in [-0.4, -0.2) is 47.1 Å². The summed E-state index contributed by atoms with van der Waals surface area (Å²) in [5.41, 5.74) is 0. The van der Waals surface area contributed by atoms with Crippen molar-refractivity contribution in [2.45, 2.75) is 51.4 Å². The van der Waals surface area contributed by atoms with Gasteiger partial charge in [0.2, 0.25) is 0 Å². The SMILES string of the molecule is O=C(O)CCCCCCCCCN1CCSCC1. The molecule has 106 valence electrons. The van der Waals surface area contributed by atoms with Gasteiger partial charge in [-0.1, -0.05) is 32.1 Å². The van der Waals surface area contributed by atoms with Gasteiger partial charge in [0, 0.05) is 31.0 Å². The third-order valence-corrected chi connectivity index (χ3v) is 4.41. The molecular weight excluding hydrogens is 246 g/mol. The minimum atomic E-state index is -0.658. The second kappa shape index (κ2) is 10.7. The molecule has 0 aromatic heterocycles. The average Bonchev–Trinajstić information content (AvgIpc) is 2.37. The predicted molar refractivity (Wildman–Crippen MR) is 78.3 cm³/mol. The summed E-state index contributed by atoms with van der Waals surface area (Å²) in [6, 6.07) is 0. The number of carboxylic acid groups (broad SMARTS) is 1. The quantitative estimate of drug-likeness (QED) is 0.620. The van der Waals surface area contributed by atoms with E-state index in [2.05, 4.69) is 16.7 Å². The lowest BCUT2D eigenvalue weighted by atomic mass is 10.1. The fourth-order valence-corrected chi connectivity index (χ4v) is 3.30. The Morgan fingerprint density at radius 2 is 1.50 bits per heavy atom. The third-order valence-electron chi connectivity index (χ3n) is 3.47. The Morgan fingerprint density at radius 1 is 0.944 bits per heavy atom. The molecule has 0 unspecified atom stereocenters. The molecule has 1 fully saturated rings. The minimum Gasteiger partial charge on any atom is -0.481 e. The Kier molecular flexibility index (Phi) is 9.40. The van der Waals surface area contributed by atoms with Crippen LogP contribution in [0.25, 0.3) is 0 Å². The minimum absolute atomic E-state index is 0.340. The molecule has 0 atom stereocenters. The topological polar surface area (TPSA) is 40.5 Å². The van der Waals surface area contributed by atoms with E-state index < -0.39 is 5.97 Å². The van der Waals surface area contributed by atoms with Crippen molar-refractivity contribution in [3.8, 4) is 0 Å². The summed E-state index contributed by atoms with van der Waals surface area (Å²) in [4.78, 5) is 12.9.